The topological polar surface area (TPSA) is 81.5 Å². The predicted molar refractivity (Wildman–Crippen MR) is 94.3 cm³/mol. The number of nitro benzene ring substituents is 1. The highest BCUT2D eigenvalue weighted by Crippen LogP contribution is 2.15. The third-order valence-corrected chi connectivity index (χ3v) is 3.40. The molecule has 1 N–H and O–H groups in total. The molecule has 0 fully saturated rings. The number of nitro groups is 1. The second-order valence-electron chi connectivity index (χ2n) is 5.28. The molecule has 6 nitrogen and oxygen atoms in total. The monoisotopic (exact) mass is 338 g/mol. The SMILES string of the molecule is Cc1ccccc1OCC#CCNC(=O)Cc1ccc([N+](=O)[O-])cc1. The molecule has 0 aliphatic heterocycles. The summed E-state index contributed by atoms with van der Waals surface area (Å²) in [5.41, 5.74) is 1.75. The van der Waals surface area contributed by atoms with Gasteiger partial charge in [-0.1, -0.05) is 42.2 Å². The van der Waals surface area contributed by atoms with Crippen LogP contribution in [0.25, 0.3) is 0 Å². The molecule has 2 aromatic carbocycles. The van der Waals surface area contributed by atoms with Gasteiger partial charge in [-0.25, -0.2) is 0 Å². The zero-order valence-electron chi connectivity index (χ0n) is 13.8. The number of carbonyl (C=O) groups is 1. The largest absolute Gasteiger partial charge is 0.481 e. The molecule has 0 saturated carbocycles. The van der Waals surface area contributed by atoms with Crippen LogP contribution in [-0.2, 0) is 11.2 Å². The van der Waals surface area contributed by atoms with Gasteiger partial charge in [-0.05, 0) is 24.1 Å². The number of amides is 1. The summed E-state index contributed by atoms with van der Waals surface area (Å²) >= 11 is 0. The summed E-state index contributed by atoms with van der Waals surface area (Å²) in [5, 5.41) is 13.2. The molecule has 0 atom stereocenters. The highest BCUT2D eigenvalue weighted by atomic mass is 16.6. The van der Waals surface area contributed by atoms with Crippen LogP contribution >= 0.6 is 0 Å². The number of hydrogen-bond acceptors (Lipinski definition) is 4. The van der Waals surface area contributed by atoms with E-state index in [1.807, 2.05) is 31.2 Å². The Balaban J connectivity index is 1.70. The quantitative estimate of drug-likeness (QED) is 0.499. The molecule has 25 heavy (non-hydrogen) atoms. The van der Waals surface area contributed by atoms with Crippen LogP contribution in [0.2, 0.25) is 0 Å². The van der Waals surface area contributed by atoms with Gasteiger partial charge in [-0.2, -0.15) is 0 Å². The molecule has 2 aromatic rings. The van der Waals surface area contributed by atoms with Crippen LogP contribution in [-0.4, -0.2) is 24.0 Å². The lowest BCUT2D eigenvalue weighted by atomic mass is 10.1. The summed E-state index contributed by atoms with van der Waals surface area (Å²) in [4.78, 5) is 21.9. The van der Waals surface area contributed by atoms with Crippen molar-refractivity contribution in [3.63, 3.8) is 0 Å². The van der Waals surface area contributed by atoms with Crippen LogP contribution in [0.5, 0.6) is 5.75 Å². The highest BCUT2D eigenvalue weighted by Gasteiger charge is 2.06. The Hall–Kier alpha value is -3.33. The fraction of sp³-hybridized carbons (Fsp3) is 0.211. The van der Waals surface area contributed by atoms with Crippen LogP contribution < -0.4 is 10.1 Å². The number of rotatable bonds is 6. The van der Waals surface area contributed by atoms with Crippen molar-refractivity contribution >= 4 is 11.6 Å². The number of non-ortho nitro benzene ring substituents is 1. The lowest BCUT2D eigenvalue weighted by molar-refractivity contribution is -0.384. The van der Waals surface area contributed by atoms with Gasteiger partial charge >= 0.3 is 0 Å². The van der Waals surface area contributed by atoms with Gasteiger partial charge in [0.2, 0.25) is 5.91 Å². The van der Waals surface area contributed by atoms with E-state index in [1.165, 1.54) is 12.1 Å². The van der Waals surface area contributed by atoms with Crippen molar-refractivity contribution in [1.29, 1.82) is 0 Å². The number of para-hydroxylation sites is 1. The zero-order valence-corrected chi connectivity index (χ0v) is 13.8. The van der Waals surface area contributed by atoms with Crippen molar-refractivity contribution in [2.45, 2.75) is 13.3 Å². The molecule has 0 radical (unpaired) electrons. The molecular formula is C19H18N2O4. The Morgan fingerprint density at radius 2 is 1.88 bits per heavy atom. The molecular weight excluding hydrogens is 320 g/mol. The van der Waals surface area contributed by atoms with Crippen molar-refractivity contribution < 1.29 is 14.5 Å². The van der Waals surface area contributed by atoms with Crippen molar-refractivity contribution in [3.8, 4) is 17.6 Å². The maximum absolute atomic E-state index is 11.8. The number of ether oxygens (including phenoxy) is 1. The minimum Gasteiger partial charge on any atom is -0.481 e. The lowest BCUT2D eigenvalue weighted by Gasteiger charge is -2.04. The molecule has 6 heteroatoms. The van der Waals surface area contributed by atoms with Gasteiger partial charge in [-0.3, -0.25) is 14.9 Å². The van der Waals surface area contributed by atoms with Crippen molar-refractivity contribution in [2.24, 2.45) is 0 Å². The molecule has 0 aromatic heterocycles. The molecule has 0 heterocycles. The van der Waals surface area contributed by atoms with E-state index in [9.17, 15) is 14.9 Å². The number of nitrogens with zero attached hydrogens (tertiary/aromatic N) is 1. The summed E-state index contributed by atoms with van der Waals surface area (Å²) in [6.45, 7) is 2.44. The summed E-state index contributed by atoms with van der Waals surface area (Å²) < 4.78 is 5.53. The van der Waals surface area contributed by atoms with Crippen LogP contribution in [0.3, 0.4) is 0 Å². The Labute approximate surface area is 146 Å². The number of benzene rings is 2. The minimum atomic E-state index is -0.474. The summed E-state index contributed by atoms with van der Waals surface area (Å²) in [6, 6.07) is 13.6. The molecule has 0 spiro atoms. The zero-order chi connectivity index (χ0) is 18.1. The first-order chi connectivity index (χ1) is 12.1. The Kier molecular flexibility index (Phi) is 6.55. The summed E-state index contributed by atoms with van der Waals surface area (Å²) in [6.07, 6.45) is 0.152. The van der Waals surface area contributed by atoms with E-state index in [4.69, 9.17) is 4.74 Å². The van der Waals surface area contributed by atoms with Crippen molar-refractivity contribution in [1.82, 2.24) is 5.32 Å². The first-order valence-corrected chi connectivity index (χ1v) is 7.70. The van der Waals surface area contributed by atoms with Crippen LogP contribution in [0, 0.1) is 28.9 Å². The van der Waals surface area contributed by atoms with Gasteiger partial charge in [0.05, 0.1) is 17.9 Å². The fourth-order valence-electron chi connectivity index (χ4n) is 2.07. The average Bonchev–Trinajstić information content (AvgIpc) is 2.60. The van der Waals surface area contributed by atoms with E-state index < -0.39 is 4.92 Å². The first-order valence-electron chi connectivity index (χ1n) is 7.70. The molecule has 128 valence electrons. The fourth-order valence-corrected chi connectivity index (χ4v) is 2.07. The van der Waals surface area contributed by atoms with E-state index >= 15 is 0 Å². The van der Waals surface area contributed by atoms with Gasteiger partial charge in [0.25, 0.3) is 5.69 Å². The van der Waals surface area contributed by atoms with Gasteiger partial charge in [0, 0.05) is 12.1 Å². The Morgan fingerprint density at radius 1 is 1.16 bits per heavy atom. The summed E-state index contributed by atoms with van der Waals surface area (Å²) in [5.74, 6) is 6.26. The predicted octanol–water partition coefficient (Wildman–Crippen LogP) is 2.64. The van der Waals surface area contributed by atoms with E-state index in [0.717, 1.165) is 11.3 Å². The van der Waals surface area contributed by atoms with Gasteiger partial charge in [-0.15, -0.1) is 0 Å². The molecule has 0 aliphatic rings. The van der Waals surface area contributed by atoms with Crippen LogP contribution in [0.1, 0.15) is 11.1 Å². The maximum atomic E-state index is 11.8. The van der Waals surface area contributed by atoms with Gasteiger partial charge < -0.3 is 10.1 Å². The standard InChI is InChI=1S/C19H18N2O4/c1-15-6-2-3-7-18(15)25-13-5-4-12-20-19(22)14-16-8-10-17(11-9-16)21(23)24/h2-3,6-11H,12-14H2,1H3,(H,20,22). The molecule has 0 saturated heterocycles. The molecule has 0 unspecified atom stereocenters. The van der Waals surface area contributed by atoms with Crippen molar-refractivity contribution in [3.05, 3.63) is 69.8 Å². The van der Waals surface area contributed by atoms with Gasteiger partial charge in [0.1, 0.15) is 12.4 Å². The lowest BCUT2D eigenvalue weighted by Crippen LogP contribution is -2.25. The molecule has 1 amide bonds. The van der Waals surface area contributed by atoms with Gasteiger partial charge in [0.15, 0.2) is 0 Å². The number of carbonyl (C=O) groups excluding carboxylic acids is 1. The number of aryl methyl sites for hydroxylation is 1. The molecule has 0 bridgehead atoms. The van der Waals surface area contributed by atoms with Crippen molar-refractivity contribution in [2.75, 3.05) is 13.2 Å². The number of hydrogen-bond donors (Lipinski definition) is 1. The third kappa shape index (κ3) is 5.99. The van der Waals surface area contributed by atoms with E-state index in [-0.39, 0.29) is 31.2 Å². The van der Waals surface area contributed by atoms with Crippen LogP contribution in [0.4, 0.5) is 5.69 Å². The van der Waals surface area contributed by atoms with Crippen LogP contribution in [0.15, 0.2) is 48.5 Å². The second-order valence-corrected chi connectivity index (χ2v) is 5.28. The maximum Gasteiger partial charge on any atom is 0.269 e. The molecule has 2 rings (SSSR count). The first kappa shape index (κ1) is 18.0. The van der Waals surface area contributed by atoms with E-state index in [1.54, 1.807) is 12.1 Å². The third-order valence-electron chi connectivity index (χ3n) is 3.40. The smallest absolute Gasteiger partial charge is 0.269 e. The average molecular weight is 338 g/mol. The minimum absolute atomic E-state index is 0.00341. The Bertz CT molecular complexity index is 804. The van der Waals surface area contributed by atoms with E-state index in [0.29, 0.717) is 5.56 Å². The molecule has 0 aliphatic carbocycles. The normalized spacial score (nSPS) is 9.64. The number of nitrogens with one attached hydrogen (secondary N) is 1. The Morgan fingerprint density at radius 3 is 2.56 bits per heavy atom. The van der Waals surface area contributed by atoms with E-state index in [2.05, 4.69) is 17.2 Å². The highest BCUT2D eigenvalue weighted by molar-refractivity contribution is 5.78. The second kappa shape index (κ2) is 9.08. The summed E-state index contributed by atoms with van der Waals surface area (Å²) in [7, 11) is 0.